The van der Waals surface area contributed by atoms with Crippen LogP contribution in [0.5, 0.6) is 5.75 Å². The van der Waals surface area contributed by atoms with Gasteiger partial charge in [-0.25, -0.2) is 4.79 Å². The van der Waals surface area contributed by atoms with E-state index in [-0.39, 0.29) is 11.9 Å². The molecule has 0 spiro atoms. The van der Waals surface area contributed by atoms with Gasteiger partial charge in [-0.1, -0.05) is 36.4 Å². The van der Waals surface area contributed by atoms with Crippen LogP contribution in [0.1, 0.15) is 50.2 Å². The number of benzene rings is 2. The van der Waals surface area contributed by atoms with Crippen molar-refractivity contribution in [2.45, 2.75) is 45.6 Å². The maximum atomic E-state index is 12.1. The molecule has 3 rings (SSSR count). The summed E-state index contributed by atoms with van der Waals surface area (Å²) >= 11 is 0. The number of hydrogen-bond acceptors (Lipinski definition) is 5. The minimum Gasteiger partial charge on any atom is -0.450 e. The van der Waals surface area contributed by atoms with E-state index in [0.717, 1.165) is 36.3 Å². The summed E-state index contributed by atoms with van der Waals surface area (Å²) in [6, 6.07) is 15.8. The highest BCUT2D eigenvalue weighted by Gasteiger charge is 2.27. The monoisotopic (exact) mass is 410 g/mol. The van der Waals surface area contributed by atoms with E-state index in [1.807, 2.05) is 36.4 Å². The number of carbonyl (C=O) groups excluding carboxylic acids is 2. The average molecular weight is 411 g/mol. The quantitative estimate of drug-likeness (QED) is 0.371. The third-order valence-electron chi connectivity index (χ3n) is 5.41. The number of ether oxygens (including phenoxy) is 2. The van der Waals surface area contributed by atoms with Crippen LogP contribution in [-0.2, 0) is 16.1 Å². The van der Waals surface area contributed by atoms with E-state index in [2.05, 4.69) is 36.2 Å². The maximum absolute atomic E-state index is 12.1. The number of alkyl carbamates (subject to hydrolysis) is 1. The van der Waals surface area contributed by atoms with Gasteiger partial charge in [0.25, 0.3) is 0 Å². The minimum atomic E-state index is -0.425. The molecule has 1 N–H and O–H groups in total. The molecule has 1 aliphatic heterocycles. The standard InChI is InChI=1S/C24H30N2O4/c1-3-26(4-2)20-12-13-21-19(15-23(27)30-22(21)16-20)11-8-14-29-24(28)25-17-18-9-6-5-7-10-18/h5-7,9-10,12-13,16,19H,3-4,8,11,14-15,17H2,1-2H3,(H,25,28). The predicted octanol–water partition coefficient (Wildman–Crippen LogP) is 4.63. The van der Waals surface area contributed by atoms with Gasteiger partial charge in [0, 0.05) is 31.4 Å². The number of esters is 1. The summed E-state index contributed by atoms with van der Waals surface area (Å²) in [5, 5.41) is 2.75. The number of rotatable bonds is 9. The first kappa shape index (κ1) is 21.7. The predicted molar refractivity (Wildman–Crippen MR) is 117 cm³/mol. The molecule has 2 aromatic carbocycles. The molecule has 1 heterocycles. The second-order valence-electron chi connectivity index (χ2n) is 7.39. The van der Waals surface area contributed by atoms with Crippen LogP contribution in [0.2, 0.25) is 0 Å². The summed E-state index contributed by atoms with van der Waals surface area (Å²) in [6.07, 6.45) is 1.39. The molecule has 30 heavy (non-hydrogen) atoms. The van der Waals surface area contributed by atoms with Crippen LogP contribution < -0.4 is 15.0 Å². The Morgan fingerprint density at radius 2 is 1.93 bits per heavy atom. The summed E-state index contributed by atoms with van der Waals surface area (Å²) in [6.45, 7) is 6.77. The summed E-state index contributed by atoms with van der Waals surface area (Å²) < 4.78 is 10.8. The lowest BCUT2D eigenvalue weighted by molar-refractivity contribution is -0.136. The summed E-state index contributed by atoms with van der Waals surface area (Å²) in [5.41, 5.74) is 3.14. The maximum Gasteiger partial charge on any atom is 0.407 e. The number of carbonyl (C=O) groups is 2. The van der Waals surface area contributed by atoms with Crippen molar-refractivity contribution in [2.24, 2.45) is 0 Å². The van der Waals surface area contributed by atoms with Gasteiger partial charge in [-0.05, 0) is 49.8 Å². The van der Waals surface area contributed by atoms with E-state index in [1.165, 1.54) is 0 Å². The Morgan fingerprint density at radius 1 is 1.17 bits per heavy atom. The Morgan fingerprint density at radius 3 is 2.67 bits per heavy atom. The number of nitrogens with one attached hydrogen (secondary N) is 1. The summed E-state index contributed by atoms with van der Waals surface area (Å²) in [4.78, 5) is 26.2. The Labute approximate surface area is 178 Å². The Hall–Kier alpha value is -3.02. The second-order valence-corrected chi connectivity index (χ2v) is 7.39. The molecule has 0 aliphatic carbocycles. The van der Waals surface area contributed by atoms with Crippen molar-refractivity contribution >= 4 is 17.7 Å². The van der Waals surface area contributed by atoms with Crippen molar-refractivity contribution in [3.05, 3.63) is 59.7 Å². The minimum absolute atomic E-state index is 0.0861. The number of nitrogens with zero attached hydrogens (tertiary/aromatic N) is 1. The van der Waals surface area contributed by atoms with Crippen molar-refractivity contribution in [1.29, 1.82) is 0 Å². The van der Waals surface area contributed by atoms with Crippen molar-refractivity contribution < 1.29 is 19.1 Å². The lowest BCUT2D eigenvalue weighted by Gasteiger charge is -2.27. The van der Waals surface area contributed by atoms with Crippen LogP contribution in [0.3, 0.4) is 0 Å². The Kier molecular flexibility index (Phi) is 7.71. The fourth-order valence-electron chi connectivity index (χ4n) is 3.78. The molecule has 0 bridgehead atoms. The highest BCUT2D eigenvalue weighted by molar-refractivity contribution is 5.77. The molecular weight excluding hydrogens is 380 g/mol. The van der Waals surface area contributed by atoms with Gasteiger partial charge >= 0.3 is 12.1 Å². The zero-order valence-electron chi connectivity index (χ0n) is 17.7. The first-order valence-corrected chi connectivity index (χ1v) is 10.6. The third-order valence-corrected chi connectivity index (χ3v) is 5.41. The summed E-state index contributed by atoms with van der Waals surface area (Å²) in [7, 11) is 0. The SMILES string of the molecule is CCN(CC)c1ccc2c(c1)OC(=O)CC2CCCOC(=O)NCc1ccccc1. The van der Waals surface area contributed by atoms with Gasteiger partial charge in [0.2, 0.25) is 0 Å². The average Bonchev–Trinajstić information content (AvgIpc) is 2.76. The topological polar surface area (TPSA) is 67.9 Å². The third kappa shape index (κ3) is 5.75. The number of anilines is 1. The molecule has 1 amide bonds. The van der Waals surface area contributed by atoms with Gasteiger partial charge in [0.1, 0.15) is 5.75 Å². The van der Waals surface area contributed by atoms with Crippen molar-refractivity contribution in [3.63, 3.8) is 0 Å². The van der Waals surface area contributed by atoms with Crippen LogP contribution in [0.4, 0.5) is 10.5 Å². The lowest BCUT2D eigenvalue weighted by atomic mass is 9.88. The van der Waals surface area contributed by atoms with Gasteiger partial charge < -0.3 is 19.7 Å². The molecule has 1 atom stereocenters. The van der Waals surface area contributed by atoms with Crippen LogP contribution in [0.15, 0.2) is 48.5 Å². The zero-order chi connectivity index (χ0) is 21.3. The fraction of sp³-hybridized carbons (Fsp3) is 0.417. The van der Waals surface area contributed by atoms with Gasteiger partial charge in [0.05, 0.1) is 13.0 Å². The van der Waals surface area contributed by atoms with E-state index in [0.29, 0.717) is 31.7 Å². The van der Waals surface area contributed by atoms with Crippen LogP contribution in [-0.4, -0.2) is 31.8 Å². The lowest BCUT2D eigenvalue weighted by Crippen LogP contribution is -2.25. The molecule has 0 radical (unpaired) electrons. The Bertz CT molecular complexity index is 850. The smallest absolute Gasteiger partial charge is 0.407 e. The molecule has 0 saturated carbocycles. The van der Waals surface area contributed by atoms with Gasteiger partial charge in [-0.3, -0.25) is 4.79 Å². The zero-order valence-corrected chi connectivity index (χ0v) is 17.7. The van der Waals surface area contributed by atoms with E-state index < -0.39 is 6.09 Å². The first-order chi connectivity index (χ1) is 14.6. The van der Waals surface area contributed by atoms with Crippen LogP contribution in [0, 0.1) is 0 Å². The largest absolute Gasteiger partial charge is 0.450 e. The number of hydrogen-bond donors (Lipinski definition) is 1. The van der Waals surface area contributed by atoms with Crippen molar-refractivity contribution in [3.8, 4) is 5.75 Å². The number of fused-ring (bicyclic) bond motifs is 1. The molecular formula is C24H30N2O4. The van der Waals surface area contributed by atoms with Crippen LogP contribution in [0.25, 0.3) is 0 Å². The highest BCUT2D eigenvalue weighted by Crippen LogP contribution is 2.39. The van der Waals surface area contributed by atoms with Gasteiger partial charge in [-0.2, -0.15) is 0 Å². The highest BCUT2D eigenvalue weighted by atomic mass is 16.5. The summed E-state index contributed by atoms with van der Waals surface area (Å²) in [5.74, 6) is 0.538. The molecule has 1 unspecified atom stereocenters. The van der Waals surface area contributed by atoms with Crippen molar-refractivity contribution in [1.82, 2.24) is 5.32 Å². The molecule has 2 aromatic rings. The normalized spacial score (nSPS) is 15.1. The molecule has 0 aromatic heterocycles. The Balaban J connectivity index is 1.49. The van der Waals surface area contributed by atoms with Crippen LogP contribution >= 0.6 is 0 Å². The van der Waals surface area contributed by atoms with E-state index in [4.69, 9.17) is 9.47 Å². The molecule has 0 fully saturated rings. The molecule has 6 nitrogen and oxygen atoms in total. The molecule has 0 saturated heterocycles. The number of amides is 1. The fourth-order valence-corrected chi connectivity index (χ4v) is 3.78. The van der Waals surface area contributed by atoms with E-state index >= 15 is 0 Å². The first-order valence-electron chi connectivity index (χ1n) is 10.6. The second kappa shape index (κ2) is 10.7. The van der Waals surface area contributed by atoms with Gasteiger partial charge in [0.15, 0.2) is 0 Å². The van der Waals surface area contributed by atoms with Gasteiger partial charge in [-0.15, -0.1) is 0 Å². The van der Waals surface area contributed by atoms with E-state index in [9.17, 15) is 9.59 Å². The molecule has 6 heteroatoms. The molecule has 160 valence electrons. The van der Waals surface area contributed by atoms with Crippen molar-refractivity contribution in [2.75, 3.05) is 24.6 Å². The van der Waals surface area contributed by atoms with E-state index in [1.54, 1.807) is 0 Å². The molecule has 1 aliphatic rings.